The Morgan fingerprint density at radius 1 is 1.25 bits per heavy atom. The minimum absolute atomic E-state index is 0.255. The lowest BCUT2D eigenvalue weighted by Crippen LogP contribution is -2.26. The van der Waals surface area contributed by atoms with Gasteiger partial charge in [-0.25, -0.2) is 4.39 Å². The van der Waals surface area contributed by atoms with E-state index in [0.29, 0.717) is 6.04 Å². The molecule has 3 heteroatoms. The highest BCUT2D eigenvalue weighted by Gasteiger charge is 2.39. The van der Waals surface area contributed by atoms with Gasteiger partial charge in [0.25, 0.3) is 0 Å². The van der Waals surface area contributed by atoms with Crippen molar-refractivity contribution < 1.29 is 4.39 Å². The quantitative estimate of drug-likeness (QED) is 0.752. The lowest BCUT2D eigenvalue weighted by molar-refractivity contribution is 0.440. The molecule has 0 aliphatic heterocycles. The van der Waals surface area contributed by atoms with E-state index in [-0.39, 0.29) is 11.5 Å². The van der Waals surface area contributed by atoms with Crippen molar-refractivity contribution in [2.45, 2.75) is 31.7 Å². The van der Waals surface area contributed by atoms with Crippen LogP contribution in [0.3, 0.4) is 0 Å². The van der Waals surface area contributed by atoms with E-state index in [1.165, 1.54) is 31.7 Å². The van der Waals surface area contributed by atoms with Crippen molar-refractivity contribution in [3.05, 3.63) is 24.0 Å². The fourth-order valence-electron chi connectivity index (χ4n) is 3.28. The van der Waals surface area contributed by atoms with Crippen molar-refractivity contribution in [2.24, 2.45) is 11.8 Å². The summed E-state index contributed by atoms with van der Waals surface area (Å²) < 4.78 is 13.3. The van der Waals surface area contributed by atoms with Crippen LogP contribution in [0.15, 0.2) is 18.2 Å². The second-order valence-electron chi connectivity index (χ2n) is 5.13. The predicted octanol–water partition coefficient (Wildman–Crippen LogP) is 3.01. The summed E-state index contributed by atoms with van der Waals surface area (Å²) in [5, 5.41) is 3.42. The molecule has 1 aromatic rings. The van der Waals surface area contributed by atoms with Gasteiger partial charge in [-0.15, -0.1) is 0 Å². The van der Waals surface area contributed by atoms with E-state index in [0.717, 1.165) is 17.5 Å². The Morgan fingerprint density at radius 2 is 2.12 bits per heavy atom. The van der Waals surface area contributed by atoms with Gasteiger partial charge in [0.1, 0.15) is 5.82 Å². The predicted molar refractivity (Wildman–Crippen MR) is 63.7 cm³/mol. The average molecular weight is 220 g/mol. The van der Waals surface area contributed by atoms with E-state index >= 15 is 0 Å². The van der Waals surface area contributed by atoms with Crippen LogP contribution in [0.4, 0.5) is 15.8 Å². The number of para-hydroxylation sites is 1. The topological polar surface area (TPSA) is 38.0 Å². The summed E-state index contributed by atoms with van der Waals surface area (Å²) in [5.41, 5.74) is 6.74. The minimum atomic E-state index is -0.326. The summed E-state index contributed by atoms with van der Waals surface area (Å²) in [6, 6.07) is 5.48. The fraction of sp³-hybridized carbons (Fsp3) is 0.538. The Hall–Kier alpha value is -1.25. The molecule has 2 aliphatic rings. The number of hydrogen-bond acceptors (Lipinski definition) is 2. The monoisotopic (exact) mass is 220 g/mol. The van der Waals surface area contributed by atoms with Gasteiger partial charge < -0.3 is 11.1 Å². The molecule has 3 N–H and O–H groups in total. The minimum Gasteiger partial charge on any atom is -0.395 e. The zero-order chi connectivity index (χ0) is 11.1. The third-order valence-corrected chi connectivity index (χ3v) is 4.13. The largest absolute Gasteiger partial charge is 0.395 e. The highest BCUT2D eigenvalue weighted by Crippen LogP contribution is 2.45. The van der Waals surface area contributed by atoms with Crippen molar-refractivity contribution in [3.8, 4) is 0 Å². The van der Waals surface area contributed by atoms with E-state index in [1.54, 1.807) is 6.07 Å². The van der Waals surface area contributed by atoms with Crippen LogP contribution in [0.2, 0.25) is 0 Å². The lowest BCUT2D eigenvalue weighted by Gasteiger charge is -2.24. The van der Waals surface area contributed by atoms with Gasteiger partial charge in [0, 0.05) is 6.04 Å². The molecule has 2 bridgehead atoms. The zero-order valence-corrected chi connectivity index (χ0v) is 9.25. The first-order valence-corrected chi connectivity index (χ1v) is 6.04. The van der Waals surface area contributed by atoms with E-state index in [9.17, 15) is 4.39 Å². The van der Waals surface area contributed by atoms with E-state index < -0.39 is 0 Å². The normalized spacial score (nSPS) is 31.9. The van der Waals surface area contributed by atoms with Crippen LogP contribution in [0.25, 0.3) is 0 Å². The molecule has 0 amide bonds. The van der Waals surface area contributed by atoms with E-state index in [4.69, 9.17) is 5.73 Å². The number of nitrogen functional groups attached to an aromatic ring is 1. The fourth-order valence-corrected chi connectivity index (χ4v) is 3.28. The van der Waals surface area contributed by atoms with Gasteiger partial charge in [-0.1, -0.05) is 12.5 Å². The Morgan fingerprint density at radius 3 is 2.81 bits per heavy atom. The molecule has 1 aromatic carbocycles. The molecule has 16 heavy (non-hydrogen) atoms. The third-order valence-electron chi connectivity index (χ3n) is 4.13. The van der Waals surface area contributed by atoms with E-state index in [1.807, 2.05) is 6.07 Å². The number of halogens is 1. The molecule has 2 fully saturated rings. The maximum absolute atomic E-state index is 13.3. The SMILES string of the molecule is Nc1c(F)cccc1NC1CC2CCC1C2. The first-order chi connectivity index (χ1) is 7.74. The first-order valence-electron chi connectivity index (χ1n) is 6.04. The van der Waals surface area contributed by atoms with Crippen LogP contribution >= 0.6 is 0 Å². The van der Waals surface area contributed by atoms with Gasteiger partial charge in [-0.2, -0.15) is 0 Å². The molecular weight excluding hydrogens is 203 g/mol. The third kappa shape index (κ3) is 1.55. The number of rotatable bonds is 2. The van der Waals surface area contributed by atoms with Crippen LogP contribution < -0.4 is 11.1 Å². The molecular formula is C13H17FN2. The number of fused-ring (bicyclic) bond motifs is 2. The maximum Gasteiger partial charge on any atom is 0.148 e. The lowest BCUT2D eigenvalue weighted by atomic mass is 9.95. The molecule has 3 atom stereocenters. The molecule has 0 spiro atoms. The summed E-state index contributed by atoms with van der Waals surface area (Å²) >= 11 is 0. The van der Waals surface area contributed by atoms with Gasteiger partial charge in [0.05, 0.1) is 11.4 Å². The van der Waals surface area contributed by atoms with Gasteiger partial charge in [-0.05, 0) is 43.2 Å². The van der Waals surface area contributed by atoms with Crippen molar-refractivity contribution in [2.75, 3.05) is 11.1 Å². The van der Waals surface area contributed by atoms with Crippen LogP contribution in [0.1, 0.15) is 25.7 Å². The summed E-state index contributed by atoms with van der Waals surface area (Å²) in [5.74, 6) is 1.33. The molecule has 2 saturated carbocycles. The van der Waals surface area contributed by atoms with Crippen molar-refractivity contribution in [1.29, 1.82) is 0 Å². The first kappa shape index (κ1) is 9.94. The van der Waals surface area contributed by atoms with Crippen LogP contribution in [-0.4, -0.2) is 6.04 Å². The molecule has 0 heterocycles. The highest BCUT2D eigenvalue weighted by molar-refractivity contribution is 5.67. The molecule has 0 saturated heterocycles. The molecule has 3 rings (SSSR count). The van der Waals surface area contributed by atoms with Gasteiger partial charge in [-0.3, -0.25) is 0 Å². The molecule has 2 aliphatic carbocycles. The molecule has 0 radical (unpaired) electrons. The second kappa shape index (κ2) is 3.65. The summed E-state index contributed by atoms with van der Waals surface area (Å²) in [4.78, 5) is 0. The maximum atomic E-state index is 13.3. The zero-order valence-electron chi connectivity index (χ0n) is 9.25. The molecule has 2 nitrogen and oxygen atoms in total. The Kier molecular flexibility index (Phi) is 2.27. The summed E-state index contributed by atoms with van der Waals surface area (Å²) in [6.07, 6.45) is 5.26. The van der Waals surface area contributed by atoms with Crippen molar-refractivity contribution in [1.82, 2.24) is 0 Å². The number of nitrogens with one attached hydrogen (secondary N) is 1. The van der Waals surface area contributed by atoms with Crippen LogP contribution in [0, 0.1) is 17.7 Å². The van der Waals surface area contributed by atoms with Crippen molar-refractivity contribution >= 4 is 11.4 Å². The van der Waals surface area contributed by atoms with Gasteiger partial charge in [0.2, 0.25) is 0 Å². The Bertz CT molecular complexity index is 405. The van der Waals surface area contributed by atoms with E-state index in [2.05, 4.69) is 5.32 Å². The molecule has 3 unspecified atom stereocenters. The van der Waals surface area contributed by atoms with Crippen molar-refractivity contribution in [3.63, 3.8) is 0 Å². The van der Waals surface area contributed by atoms with Gasteiger partial charge >= 0.3 is 0 Å². The summed E-state index contributed by atoms with van der Waals surface area (Å²) in [6.45, 7) is 0. The Labute approximate surface area is 95.0 Å². The number of benzene rings is 1. The van der Waals surface area contributed by atoms with Crippen LogP contribution in [0.5, 0.6) is 0 Å². The Balaban J connectivity index is 1.77. The highest BCUT2D eigenvalue weighted by atomic mass is 19.1. The number of hydrogen-bond donors (Lipinski definition) is 2. The average Bonchev–Trinajstić information content (AvgIpc) is 2.86. The standard InChI is InChI=1S/C13H17FN2/c14-10-2-1-3-11(13(10)15)16-12-7-8-4-5-9(12)6-8/h1-3,8-9,12,16H,4-7,15H2. The van der Waals surface area contributed by atoms with Gasteiger partial charge in [0.15, 0.2) is 0 Å². The smallest absolute Gasteiger partial charge is 0.148 e. The molecule has 0 aromatic heterocycles. The van der Waals surface area contributed by atoms with Crippen LogP contribution in [-0.2, 0) is 0 Å². The molecule has 86 valence electrons. The number of nitrogens with two attached hydrogens (primary N) is 1. The summed E-state index contributed by atoms with van der Waals surface area (Å²) in [7, 11) is 0. The second-order valence-corrected chi connectivity index (χ2v) is 5.13. The number of anilines is 2.